The van der Waals surface area contributed by atoms with E-state index in [2.05, 4.69) is 10.5 Å². The Balaban J connectivity index is 2.16. The molecule has 1 amide bonds. The lowest BCUT2D eigenvalue weighted by atomic mass is 10.1. The topological polar surface area (TPSA) is 116 Å². The van der Waals surface area contributed by atoms with E-state index >= 15 is 0 Å². The predicted octanol–water partition coefficient (Wildman–Crippen LogP) is 2.97. The van der Waals surface area contributed by atoms with E-state index in [1.807, 2.05) is 0 Å². The molecule has 0 radical (unpaired) electrons. The largest absolute Gasteiger partial charge is 0.478 e. The third-order valence-corrected chi connectivity index (χ3v) is 5.26. The molecule has 0 aromatic heterocycles. The van der Waals surface area contributed by atoms with Crippen molar-refractivity contribution in [3.63, 3.8) is 0 Å². The summed E-state index contributed by atoms with van der Waals surface area (Å²) < 4.78 is 63.8. The summed E-state index contributed by atoms with van der Waals surface area (Å²) in [6, 6.07) is 7.94. The first-order chi connectivity index (χ1) is 14.3. The van der Waals surface area contributed by atoms with Crippen molar-refractivity contribution in [3.8, 4) is 0 Å². The number of hydrogen-bond acceptors (Lipinski definition) is 5. The fourth-order valence-corrected chi connectivity index (χ4v) is 3.41. The van der Waals surface area contributed by atoms with Crippen LogP contribution in [0.2, 0.25) is 5.02 Å². The second-order valence-corrected chi connectivity index (χ2v) is 8.47. The molecule has 2 aromatic carbocycles. The Kier molecular flexibility index (Phi) is 7.28. The summed E-state index contributed by atoms with van der Waals surface area (Å²) in [7, 11) is -4.12. The molecule has 8 nitrogen and oxygen atoms in total. The minimum atomic E-state index is -4.82. The summed E-state index contributed by atoms with van der Waals surface area (Å²) in [6.45, 7) is -0.840. The van der Waals surface area contributed by atoms with Gasteiger partial charge in [-0.2, -0.15) is 18.3 Å². The molecule has 2 N–H and O–H groups in total. The molecule has 166 valence electrons. The number of carboxylic acids is 1. The number of carbonyl (C=O) groups is 2. The Morgan fingerprint density at radius 3 is 2.32 bits per heavy atom. The number of nitrogens with zero attached hydrogens (tertiary/aromatic N) is 2. The van der Waals surface area contributed by atoms with Crippen LogP contribution >= 0.6 is 11.6 Å². The molecule has 13 heteroatoms. The van der Waals surface area contributed by atoms with Crippen LogP contribution in [-0.2, 0) is 21.0 Å². The Labute approximate surface area is 180 Å². The number of anilines is 1. The number of carboxylic acid groups (broad SMARTS) is 1. The third kappa shape index (κ3) is 6.69. The molecule has 0 saturated heterocycles. The quantitative estimate of drug-likeness (QED) is 0.470. The lowest BCUT2D eigenvalue weighted by Crippen LogP contribution is -2.39. The molecule has 0 saturated carbocycles. The summed E-state index contributed by atoms with van der Waals surface area (Å²) in [5.41, 5.74) is 0.900. The molecule has 0 spiro atoms. The number of hydrazone groups is 1. The molecule has 0 aliphatic rings. The highest BCUT2D eigenvalue weighted by atomic mass is 35.5. The maximum Gasteiger partial charge on any atom is 0.417 e. The number of rotatable bonds is 7. The van der Waals surface area contributed by atoms with Crippen molar-refractivity contribution in [3.05, 3.63) is 64.2 Å². The van der Waals surface area contributed by atoms with Crippen LogP contribution in [0.25, 0.3) is 0 Å². The van der Waals surface area contributed by atoms with Gasteiger partial charge in [-0.25, -0.2) is 18.6 Å². The van der Waals surface area contributed by atoms with Crippen molar-refractivity contribution in [1.82, 2.24) is 5.43 Å². The SMILES string of the molecule is CS(=O)(=O)N(CC(=O)N/N=C\c1ccc(C(=O)O)cc1)c1ccc(Cl)c(C(F)(F)F)c1. The standard InChI is InChI=1S/C18H15ClF3N3O5S/c1-31(29,30)25(13-6-7-15(19)14(8-13)18(20,21)22)10-16(26)24-23-9-11-2-4-12(5-3-11)17(27)28/h2-9H,10H2,1H3,(H,24,26)(H,27,28)/b23-9-. The van der Waals surface area contributed by atoms with E-state index < -0.39 is 50.9 Å². The fraction of sp³-hybridized carbons (Fsp3) is 0.167. The van der Waals surface area contributed by atoms with E-state index in [9.17, 15) is 31.2 Å². The zero-order valence-electron chi connectivity index (χ0n) is 15.7. The van der Waals surface area contributed by atoms with Crippen LogP contribution in [-0.4, -0.2) is 44.4 Å². The van der Waals surface area contributed by atoms with Crippen LogP contribution in [0.5, 0.6) is 0 Å². The maximum atomic E-state index is 13.1. The normalized spacial score (nSPS) is 12.0. The minimum absolute atomic E-state index is 0.0474. The fourth-order valence-electron chi connectivity index (χ4n) is 2.34. The van der Waals surface area contributed by atoms with Crippen LogP contribution in [0, 0.1) is 0 Å². The summed E-state index contributed by atoms with van der Waals surface area (Å²) in [6.07, 6.45) is -2.91. The zero-order chi connectivity index (χ0) is 23.4. The number of nitrogens with one attached hydrogen (secondary N) is 1. The molecule has 0 atom stereocenters. The van der Waals surface area contributed by atoms with Crippen molar-refractivity contribution in [2.24, 2.45) is 5.10 Å². The van der Waals surface area contributed by atoms with Crippen molar-refractivity contribution >= 4 is 45.4 Å². The molecule has 0 heterocycles. The Hall–Kier alpha value is -3.12. The predicted molar refractivity (Wildman–Crippen MR) is 108 cm³/mol. The van der Waals surface area contributed by atoms with Crippen molar-refractivity contribution in [2.75, 3.05) is 17.1 Å². The van der Waals surface area contributed by atoms with Gasteiger partial charge in [-0.3, -0.25) is 9.10 Å². The molecule has 0 unspecified atom stereocenters. The monoisotopic (exact) mass is 477 g/mol. The minimum Gasteiger partial charge on any atom is -0.478 e. The van der Waals surface area contributed by atoms with Gasteiger partial charge in [-0.05, 0) is 35.9 Å². The number of hydrogen-bond donors (Lipinski definition) is 2. The van der Waals surface area contributed by atoms with Gasteiger partial charge < -0.3 is 5.11 Å². The van der Waals surface area contributed by atoms with Crippen molar-refractivity contribution in [1.29, 1.82) is 0 Å². The summed E-state index contributed by atoms with van der Waals surface area (Å²) >= 11 is 5.54. The van der Waals surface area contributed by atoms with Crippen LogP contribution in [0.4, 0.5) is 18.9 Å². The second kappa shape index (κ2) is 9.35. The molecule has 31 heavy (non-hydrogen) atoms. The number of amides is 1. The molecule has 0 bridgehead atoms. The first-order valence-electron chi connectivity index (χ1n) is 8.29. The van der Waals surface area contributed by atoms with Crippen molar-refractivity contribution in [2.45, 2.75) is 6.18 Å². The number of halogens is 4. The first-order valence-corrected chi connectivity index (χ1v) is 10.5. The maximum absolute atomic E-state index is 13.1. The zero-order valence-corrected chi connectivity index (χ0v) is 17.3. The van der Waals surface area contributed by atoms with Crippen LogP contribution in [0.15, 0.2) is 47.6 Å². The highest BCUT2D eigenvalue weighted by Crippen LogP contribution is 2.37. The van der Waals surface area contributed by atoms with E-state index in [-0.39, 0.29) is 5.56 Å². The van der Waals surface area contributed by atoms with Crippen molar-refractivity contribution < 1.29 is 36.3 Å². The van der Waals surface area contributed by atoms with Crippen LogP contribution in [0.1, 0.15) is 21.5 Å². The average Bonchev–Trinajstić information content (AvgIpc) is 2.65. The molecule has 0 aliphatic carbocycles. The average molecular weight is 478 g/mol. The van der Waals surface area contributed by atoms with Gasteiger partial charge in [-0.15, -0.1) is 0 Å². The van der Waals surface area contributed by atoms with Gasteiger partial charge in [0.05, 0.1) is 34.3 Å². The second-order valence-electron chi connectivity index (χ2n) is 6.15. The number of benzene rings is 2. The van der Waals surface area contributed by atoms with Gasteiger partial charge in [-0.1, -0.05) is 23.7 Å². The Morgan fingerprint density at radius 2 is 1.81 bits per heavy atom. The smallest absolute Gasteiger partial charge is 0.417 e. The van der Waals surface area contributed by atoms with Gasteiger partial charge in [0.15, 0.2) is 0 Å². The number of alkyl halides is 3. The van der Waals surface area contributed by atoms with Crippen LogP contribution < -0.4 is 9.73 Å². The molecule has 2 aromatic rings. The Bertz CT molecular complexity index is 1120. The van der Waals surface area contributed by atoms with Crippen LogP contribution in [0.3, 0.4) is 0 Å². The summed E-state index contributed by atoms with van der Waals surface area (Å²) in [4.78, 5) is 22.9. The number of carbonyl (C=O) groups excluding carboxylic acids is 1. The van der Waals surface area contributed by atoms with Gasteiger partial charge in [0.25, 0.3) is 5.91 Å². The lowest BCUT2D eigenvalue weighted by molar-refractivity contribution is -0.137. The molecular formula is C18H15ClF3N3O5S. The van der Waals surface area contributed by atoms with Gasteiger partial charge in [0.1, 0.15) is 6.54 Å². The molecule has 2 rings (SSSR count). The highest BCUT2D eigenvalue weighted by molar-refractivity contribution is 7.92. The third-order valence-electron chi connectivity index (χ3n) is 3.79. The van der Waals surface area contributed by atoms with Gasteiger partial charge in [0.2, 0.25) is 10.0 Å². The molecule has 0 aliphatic heterocycles. The highest BCUT2D eigenvalue weighted by Gasteiger charge is 2.34. The lowest BCUT2D eigenvalue weighted by Gasteiger charge is -2.22. The molecular weight excluding hydrogens is 463 g/mol. The van der Waals surface area contributed by atoms with E-state index in [0.29, 0.717) is 15.9 Å². The van der Waals surface area contributed by atoms with E-state index in [0.717, 1.165) is 18.4 Å². The Morgan fingerprint density at radius 1 is 1.19 bits per heavy atom. The van der Waals surface area contributed by atoms with E-state index in [1.54, 1.807) is 0 Å². The summed E-state index contributed by atoms with van der Waals surface area (Å²) in [5, 5.41) is 11.8. The van der Waals surface area contributed by atoms with E-state index in [1.165, 1.54) is 30.5 Å². The number of sulfonamides is 1. The van der Waals surface area contributed by atoms with Gasteiger partial charge >= 0.3 is 12.1 Å². The summed E-state index contributed by atoms with van der Waals surface area (Å²) in [5.74, 6) is -2.04. The van der Waals surface area contributed by atoms with Gasteiger partial charge in [0, 0.05) is 0 Å². The first kappa shape index (κ1) is 24.2. The molecule has 0 fully saturated rings. The van der Waals surface area contributed by atoms with E-state index in [4.69, 9.17) is 16.7 Å². The number of aromatic carboxylic acids is 1.